The van der Waals surface area contributed by atoms with Gasteiger partial charge in [0.15, 0.2) is 6.61 Å². The first kappa shape index (κ1) is 18.6. The number of halogens is 1. The van der Waals surface area contributed by atoms with E-state index in [4.69, 9.17) is 4.74 Å². The van der Waals surface area contributed by atoms with Crippen LogP contribution < -0.4 is 15.0 Å². The second kappa shape index (κ2) is 8.49. The molecule has 2 aromatic rings. The van der Waals surface area contributed by atoms with Gasteiger partial charge in [-0.15, -0.1) is 0 Å². The van der Waals surface area contributed by atoms with Gasteiger partial charge in [-0.3, -0.25) is 4.79 Å². The summed E-state index contributed by atoms with van der Waals surface area (Å²) < 4.78 is 6.56. The molecule has 0 radical (unpaired) electrons. The fourth-order valence-electron chi connectivity index (χ4n) is 2.98. The SMILES string of the molecule is Cc1cc(OCC(=O)Nc2ccc(Br)cc2)nc(N2CCCC(C)C2)n1. The Hall–Kier alpha value is -2.15. The van der Waals surface area contributed by atoms with E-state index in [-0.39, 0.29) is 12.5 Å². The number of hydrogen-bond acceptors (Lipinski definition) is 5. The molecule has 1 amide bonds. The van der Waals surface area contributed by atoms with Crippen LogP contribution in [0.1, 0.15) is 25.5 Å². The van der Waals surface area contributed by atoms with Gasteiger partial charge in [0.25, 0.3) is 5.91 Å². The molecule has 1 fully saturated rings. The highest BCUT2D eigenvalue weighted by atomic mass is 79.9. The van der Waals surface area contributed by atoms with Crippen molar-refractivity contribution in [2.45, 2.75) is 26.7 Å². The van der Waals surface area contributed by atoms with Crippen LogP contribution in [0.5, 0.6) is 5.88 Å². The van der Waals surface area contributed by atoms with Crippen LogP contribution in [0, 0.1) is 12.8 Å². The molecule has 1 aliphatic rings. The minimum atomic E-state index is -0.225. The predicted octanol–water partition coefficient (Wildman–Crippen LogP) is 3.80. The molecule has 1 aromatic heterocycles. The van der Waals surface area contributed by atoms with Crippen LogP contribution in [-0.2, 0) is 4.79 Å². The molecule has 138 valence electrons. The smallest absolute Gasteiger partial charge is 0.262 e. The quantitative estimate of drug-likeness (QED) is 0.799. The van der Waals surface area contributed by atoms with Crippen LogP contribution in [0.2, 0.25) is 0 Å². The lowest BCUT2D eigenvalue weighted by Crippen LogP contribution is -2.35. The fourth-order valence-corrected chi connectivity index (χ4v) is 3.25. The monoisotopic (exact) mass is 418 g/mol. The second-order valence-corrected chi connectivity index (χ2v) is 7.60. The first-order valence-corrected chi connectivity index (χ1v) is 9.58. The summed E-state index contributed by atoms with van der Waals surface area (Å²) in [5.74, 6) is 1.52. The molecule has 0 saturated carbocycles. The van der Waals surface area contributed by atoms with Gasteiger partial charge in [-0.05, 0) is 49.9 Å². The lowest BCUT2D eigenvalue weighted by Gasteiger charge is -2.31. The lowest BCUT2D eigenvalue weighted by atomic mass is 10.0. The predicted molar refractivity (Wildman–Crippen MR) is 106 cm³/mol. The van der Waals surface area contributed by atoms with Gasteiger partial charge in [0.2, 0.25) is 11.8 Å². The number of amides is 1. The van der Waals surface area contributed by atoms with Crippen LogP contribution in [-0.4, -0.2) is 35.6 Å². The largest absolute Gasteiger partial charge is 0.467 e. The molecule has 1 aromatic carbocycles. The van der Waals surface area contributed by atoms with Crippen LogP contribution in [0.25, 0.3) is 0 Å². The third-order valence-electron chi connectivity index (χ3n) is 4.24. The standard InChI is InChI=1S/C19H23BrN4O2/c1-13-4-3-9-24(11-13)19-21-14(2)10-18(23-19)26-12-17(25)22-16-7-5-15(20)6-8-16/h5-8,10,13H,3-4,9,11-12H2,1-2H3,(H,22,25). The van der Waals surface area contributed by atoms with E-state index in [9.17, 15) is 4.79 Å². The van der Waals surface area contributed by atoms with Crippen molar-refractivity contribution in [1.82, 2.24) is 9.97 Å². The van der Waals surface area contributed by atoms with Gasteiger partial charge < -0.3 is 15.0 Å². The van der Waals surface area contributed by atoms with Crippen LogP contribution >= 0.6 is 15.9 Å². The summed E-state index contributed by atoms with van der Waals surface area (Å²) in [6.45, 7) is 5.96. The van der Waals surface area contributed by atoms with Crippen molar-refractivity contribution in [3.05, 3.63) is 40.5 Å². The highest BCUT2D eigenvalue weighted by Gasteiger charge is 2.19. The number of ether oxygens (including phenoxy) is 1. The minimum absolute atomic E-state index is 0.0949. The van der Waals surface area contributed by atoms with E-state index in [1.165, 1.54) is 6.42 Å². The van der Waals surface area contributed by atoms with Crippen molar-refractivity contribution in [1.29, 1.82) is 0 Å². The molecule has 1 atom stereocenters. The Morgan fingerprint density at radius 3 is 2.85 bits per heavy atom. The number of aromatic nitrogens is 2. The average molecular weight is 419 g/mol. The average Bonchev–Trinajstić information content (AvgIpc) is 2.61. The molecule has 2 heterocycles. The lowest BCUT2D eigenvalue weighted by molar-refractivity contribution is -0.118. The first-order valence-electron chi connectivity index (χ1n) is 8.78. The van der Waals surface area contributed by atoms with Crippen LogP contribution in [0.15, 0.2) is 34.8 Å². The van der Waals surface area contributed by atoms with Gasteiger partial charge in [-0.25, -0.2) is 4.98 Å². The van der Waals surface area contributed by atoms with E-state index in [0.717, 1.165) is 35.4 Å². The van der Waals surface area contributed by atoms with Crippen LogP contribution in [0.3, 0.4) is 0 Å². The Morgan fingerprint density at radius 1 is 1.35 bits per heavy atom. The molecular weight excluding hydrogens is 396 g/mol. The minimum Gasteiger partial charge on any atom is -0.467 e. The molecule has 6 nitrogen and oxygen atoms in total. The normalized spacial score (nSPS) is 17.0. The van der Waals surface area contributed by atoms with Crippen LogP contribution in [0.4, 0.5) is 11.6 Å². The van der Waals surface area contributed by atoms with Crippen molar-refractivity contribution < 1.29 is 9.53 Å². The zero-order valence-corrected chi connectivity index (χ0v) is 16.6. The maximum absolute atomic E-state index is 12.1. The molecule has 0 spiro atoms. The number of nitrogens with one attached hydrogen (secondary N) is 1. The van der Waals surface area contributed by atoms with Gasteiger partial charge in [-0.1, -0.05) is 22.9 Å². The summed E-state index contributed by atoms with van der Waals surface area (Å²) in [5, 5.41) is 2.80. The van der Waals surface area contributed by atoms with Gasteiger partial charge in [-0.2, -0.15) is 4.98 Å². The summed E-state index contributed by atoms with van der Waals surface area (Å²) in [4.78, 5) is 23.3. The molecule has 26 heavy (non-hydrogen) atoms. The second-order valence-electron chi connectivity index (χ2n) is 6.68. The Morgan fingerprint density at radius 2 is 2.12 bits per heavy atom. The highest BCUT2D eigenvalue weighted by molar-refractivity contribution is 9.10. The Balaban J connectivity index is 1.60. The van der Waals surface area contributed by atoms with E-state index in [2.05, 4.69) is 43.0 Å². The molecule has 3 rings (SSSR count). The van der Waals surface area contributed by atoms with Gasteiger partial charge in [0.05, 0.1) is 0 Å². The molecule has 0 bridgehead atoms. The van der Waals surface area contributed by atoms with E-state index < -0.39 is 0 Å². The number of hydrogen-bond donors (Lipinski definition) is 1. The summed E-state index contributed by atoms with van der Waals surface area (Å²) in [7, 11) is 0. The number of piperidine rings is 1. The number of benzene rings is 1. The summed E-state index contributed by atoms with van der Waals surface area (Å²) in [6, 6.07) is 9.15. The summed E-state index contributed by atoms with van der Waals surface area (Å²) in [6.07, 6.45) is 2.38. The van der Waals surface area contributed by atoms with E-state index in [1.54, 1.807) is 6.07 Å². The molecule has 1 saturated heterocycles. The number of nitrogens with zero attached hydrogens (tertiary/aromatic N) is 3. The maximum Gasteiger partial charge on any atom is 0.262 e. The first-order chi connectivity index (χ1) is 12.5. The zero-order chi connectivity index (χ0) is 18.5. The number of carbonyl (C=O) groups is 1. The summed E-state index contributed by atoms with van der Waals surface area (Å²) in [5.41, 5.74) is 1.56. The fraction of sp³-hybridized carbons (Fsp3) is 0.421. The number of aryl methyl sites for hydroxylation is 1. The van der Waals surface area contributed by atoms with Gasteiger partial charge in [0.1, 0.15) is 0 Å². The molecule has 0 aliphatic carbocycles. The van der Waals surface area contributed by atoms with E-state index in [0.29, 0.717) is 17.7 Å². The topological polar surface area (TPSA) is 67.3 Å². The zero-order valence-electron chi connectivity index (χ0n) is 15.0. The number of rotatable bonds is 5. The number of anilines is 2. The molecular formula is C19H23BrN4O2. The maximum atomic E-state index is 12.1. The third-order valence-corrected chi connectivity index (χ3v) is 4.77. The third kappa shape index (κ3) is 5.17. The van der Waals surface area contributed by atoms with E-state index >= 15 is 0 Å². The van der Waals surface area contributed by atoms with E-state index in [1.807, 2.05) is 31.2 Å². The Labute approximate surface area is 162 Å². The van der Waals surface area contributed by atoms with Crippen molar-refractivity contribution >= 4 is 33.5 Å². The van der Waals surface area contributed by atoms with Crippen molar-refractivity contribution in [2.75, 3.05) is 29.9 Å². The van der Waals surface area contributed by atoms with Crippen molar-refractivity contribution in [3.63, 3.8) is 0 Å². The van der Waals surface area contributed by atoms with Crippen molar-refractivity contribution in [3.8, 4) is 5.88 Å². The van der Waals surface area contributed by atoms with Gasteiger partial charge >= 0.3 is 0 Å². The van der Waals surface area contributed by atoms with Gasteiger partial charge in [0, 0.05) is 35.0 Å². The molecule has 1 aliphatic heterocycles. The Kier molecular flexibility index (Phi) is 6.08. The highest BCUT2D eigenvalue weighted by Crippen LogP contribution is 2.22. The van der Waals surface area contributed by atoms with Crippen molar-refractivity contribution in [2.24, 2.45) is 5.92 Å². The molecule has 1 unspecified atom stereocenters. The Bertz CT molecular complexity index is 767. The number of carbonyl (C=O) groups excluding carboxylic acids is 1. The summed E-state index contributed by atoms with van der Waals surface area (Å²) >= 11 is 3.37. The molecule has 1 N–H and O–H groups in total. The molecule has 7 heteroatoms.